The van der Waals surface area contributed by atoms with E-state index in [2.05, 4.69) is 4.99 Å². The zero-order valence-electron chi connectivity index (χ0n) is 19.1. The Morgan fingerprint density at radius 1 is 1.21 bits per heavy atom. The molecule has 0 amide bonds. The molecular weight excluding hydrogens is 459 g/mol. The molecule has 1 aliphatic rings. The average Bonchev–Trinajstić information content (AvgIpc) is 3.12. The second kappa shape index (κ2) is 9.64. The van der Waals surface area contributed by atoms with Gasteiger partial charge in [-0.2, -0.15) is 0 Å². The molecule has 0 N–H and O–H groups in total. The number of hydrogen-bond acceptors (Lipinski definition) is 7. The number of thiazole rings is 1. The molecule has 2 heterocycles. The summed E-state index contributed by atoms with van der Waals surface area (Å²) >= 11 is 1.17. The SMILES string of the molecule is CCOC(=O)C1=C(C)N=c2s/c(=C\c3cccc(F)c3)c(=O)n2[C@H]1c1ccc(OC)cc1OC. The normalized spacial score (nSPS) is 15.6. The summed E-state index contributed by atoms with van der Waals surface area (Å²) in [5, 5.41) is 0. The Morgan fingerprint density at radius 2 is 2.00 bits per heavy atom. The van der Waals surface area contributed by atoms with Crippen LogP contribution in [0.2, 0.25) is 0 Å². The first-order valence-corrected chi connectivity index (χ1v) is 11.4. The number of nitrogens with zero attached hydrogens (tertiary/aromatic N) is 2. The van der Waals surface area contributed by atoms with Gasteiger partial charge >= 0.3 is 5.97 Å². The second-order valence-electron chi connectivity index (χ2n) is 7.47. The smallest absolute Gasteiger partial charge is 0.338 e. The lowest BCUT2D eigenvalue weighted by Crippen LogP contribution is -2.40. The van der Waals surface area contributed by atoms with E-state index >= 15 is 0 Å². The van der Waals surface area contributed by atoms with Crippen LogP contribution < -0.4 is 24.4 Å². The summed E-state index contributed by atoms with van der Waals surface area (Å²) in [6, 6.07) is 10.3. The maximum atomic E-state index is 13.7. The zero-order chi connectivity index (χ0) is 24.4. The van der Waals surface area contributed by atoms with E-state index in [1.165, 1.54) is 42.3 Å². The van der Waals surface area contributed by atoms with Crippen LogP contribution in [0, 0.1) is 5.82 Å². The molecule has 34 heavy (non-hydrogen) atoms. The van der Waals surface area contributed by atoms with E-state index in [-0.39, 0.29) is 17.7 Å². The minimum absolute atomic E-state index is 0.173. The first-order valence-electron chi connectivity index (χ1n) is 10.5. The van der Waals surface area contributed by atoms with Crippen LogP contribution in [-0.4, -0.2) is 31.4 Å². The lowest BCUT2D eigenvalue weighted by molar-refractivity contribution is -0.139. The molecule has 176 valence electrons. The van der Waals surface area contributed by atoms with Gasteiger partial charge in [-0.1, -0.05) is 23.5 Å². The number of benzene rings is 2. The van der Waals surface area contributed by atoms with Crippen LogP contribution in [0.25, 0.3) is 6.08 Å². The summed E-state index contributed by atoms with van der Waals surface area (Å²) in [5.41, 5.74) is 1.46. The minimum Gasteiger partial charge on any atom is -0.497 e. The van der Waals surface area contributed by atoms with Gasteiger partial charge in [0.05, 0.1) is 36.6 Å². The third kappa shape index (κ3) is 4.26. The number of carbonyl (C=O) groups excluding carboxylic acids is 1. The van der Waals surface area contributed by atoms with Gasteiger partial charge in [-0.05, 0) is 49.8 Å². The molecular formula is C25H23FN2O5S. The van der Waals surface area contributed by atoms with Crippen molar-refractivity contribution in [2.75, 3.05) is 20.8 Å². The Hall–Kier alpha value is -3.72. The van der Waals surface area contributed by atoms with Crippen LogP contribution in [0.3, 0.4) is 0 Å². The number of aromatic nitrogens is 1. The van der Waals surface area contributed by atoms with Crippen molar-refractivity contribution in [2.45, 2.75) is 19.9 Å². The van der Waals surface area contributed by atoms with Gasteiger partial charge in [0.25, 0.3) is 5.56 Å². The quantitative estimate of drug-likeness (QED) is 0.505. The topological polar surface area (TPSA) is 79.1 Å². The van der Waals surface area contributed by atoms with Crippen LogP contribution in [0.1, 0.15) is 31.0 Å². The van der Waals surface area contributed by atoms with Crippen molar-refractivity contribution in [1.82, 2.24) is 4.57 Å². The Balaban J connectivity index is 2.00. The number of rotatable bonds is 6. The molecule has 1 aliphatic heterocycles. The van der Waals surface area contributed by atoms with E-state index in [1.807, 2.05) is 0 Å². The molecule has 4 rings (SSSR count). The first kappa shape index (κ1) is 23.4. The molecule has 0 saturated carbocycles. The lowest BCUT2D eigenvalue weighted by Gasteiger charge is -2.26. The van der Waals surface area contributed by atoms with E-state index in [0.717, 1.165) is 0 Å². The van der Waals surface area contributed by atoms with Crippen molar-refractivity contribution in [2.24, 2.45) is 4.99 Å². The van der Waals surface area contributed by atoms with Crippen LogP contribution in [0.4, 0.5) is 4.39 Å². The monoisotopic (exact) mass is 482 g/mol. The molecule has 1 atom stereocenters. The molecule has 0 fully saturated rings. The third-order valence-electron chi connectivity index (χ3n) is 5.40. The molecule has 0 aliphatic carbocycles. The van der Waals surface area contributed by atoms with Crippen LogP contribution in [0.5, 0.6) is 11.5 Å². The highest BCUT2D eigenvalue weighted by Gasteiger charge is 2.35. The summed E-state index contributed by atoms with van der Waals surface area (Å²) < 4.78 is 31.7. The van der Waals surface area contributed by atoms with Gasteiger partial charge in [-0.25, -0.2) is 14.2 Å². The summed E-state index contributed by atoms with van der Waals surface area (Å²) in [6.45, 7) is 3.59. The summed E-state index contributed by atoms with van der Waals surface area (Å²) in [5.74, 6) is 0.0481. The zero-order valence-corrected chi connectivity index (χ0v) is 19.9. The predicted octanol–water partition coefficient (Wildman–Crippen LogP) is 2.95. The Labute approximate surface area is 199 Å². The highest BCUT2D eigenvalue weighted by Crippen LogP contribution is 2.37. The van der Waals surface area contributed by atoms with Crippen LogP contribution >= 0.6 is 11.3 Å². The summed E-state index contributed by atoms with van der Waals surface area (Å²) in [4.78, 5) is 31.5. The van der Waals surface area contributed by atoms with Gasteiger partial charge in [0.2, 0.25) is 0 Å². The summed E-state index contributed by atoms with van der Waals surface area (Å²) in [6.07, 6.45) is 1.61. The van der Waals surface area contributed by atoms with Crippen molar-refractivity contribution in [3.8, 4) is 11.5 Å². The second-order valence-corrected chi connectivity index (χ2v) is 8.47. The Morgan fingerprint density at radius 3 is 2.68 bits per heavy atom. The van der Waals surface area contributed by atoms with Gasteiger partial charge in [0, 0.05) is 11.6 Å². The average molecular weight is 483 g/mol. The molecule has 7 nitrogen and oxygen atoms in total. The molecule has 0 bridgehead atoms. The molecule has 0 saturated heterocycles. The van der Waals surface area contributed by atoms with Gasteiger partial charge in [-0.3, -0.25) is 9.36 Å². The number of ether oxygens (including phenoxy) is 3. The Bertz CT molecular complexity index is 1470. The maximum Gasteiger partial charge on any atom is 0.338 e. The first-order chi connectivity index (χ1) is 16.4. The van der Waals surface area contributed by atoms with E-state index in [1.54, 1.807) is 50.3 Å². The fourth-order valence-corrected chi connectivity index (χ4v) is 4.92. The van der Waals surface area contributed by atoms with Crippen molar-refractivity contribution < 1.29 is 23.4 Å². The number of allylic oxidation sites excluding steroid dienone is 1. The Kier molecular flexibility index (Phi) is 6.65. The highest BCUT2D eigenvalue weighted by molar-refractivity contribution is 7.07. The van der Waals surface area contributed by atoms with Crippen LogP contribution in [0.15, 0.2) is 63.5 Å². The van der Waals surface area contributed by atoms with Crippen molar-refractivity contribution in [1.29, 1.82) is 0 Å². The van der Waals surface area contributed by atoms with Gasteiger partial charge in [0.1, 0.15) is 23.4 Å². The standard InChI is InChI=1S/C25H23FN2O5S/c1-5-33-24(30)21-14(2)27-25-28(22(21)18-10-9-17(31-3)13-19(18)32-4)23(29)20(34-25)12-15-7-6-8-16(26)11-15/h6-13,22H,5H2,1-4H3/b20-12-/t22-/m0/s1. The van der Waals surface area contributed by atoms with E-state index in [0.29, 0.717) is 37.7 Å². The van der Waals surface area contributed by atoms with Gasteiger partial charge < -0.3 is 14.2 Å². The fourth-order valence-electron chi connectivity index (χ4n) is 3.88. The minimum atomic E-state index is -0.828. The molecule has 0 spiro atoms. The largest absolute Gasteiger partial charge is 0.497 e. The maximum absolute atomic E-state index is 13.7. The number of carbonyl (C=O) groups is 1. The highest BCUT2D eigenvalue weighted by atomic mass is 32.1. The molecule has 1 aromatic heterocycles. The molecule has 0 unspecified atom stereocenters. The van der Waals surface area contributed by atoms with E-state index < -0.39 is 17.8 Å². The van der Waals surface area contributed by atoms with Gasteiger partial charge in [-0.15, -0.1) is 0 Å². The number of halogens is 1. The van der Waals surface area contributed by atoms with E-state index in [4.69, 9.17) is 14.2 Å². The van der Waals surface area contributed by atoms with Crippen molar-refractivity contribution >= 4 is 23.4 Å². The predicted molar refractivity (Wildman–Crippen MR) is 126 cm³/mol. The fraction of sp³-hybridized carbons (Fsp3) is 0.240. The van der Waals surface area contributed by atoms with E-state index in [9.17, 15) is 14.0 Å². The summed E-state index contributed by atoms with van der Waals surface area (Å²) in [7, 11) is 3.05. The number of methoxy groups -OCH3 is 2. The molecule has 9 heteroatoms. The van der Waals surface area contributed by atoms with Crippen molar-refractivity contribution in [3.63, 3.8) is 0 Å². The number of esters is 1. The molecule has 2 aromatic carbocycles. The van der Waals surface area contributed by atoms with Crippen molar-refractivity contribution in [3.05, 3.63) is 90.4 Å². The molecule has 3 aromatic rings. The third-order valence-corrected chi connectivity index (χ3v) is 6.38. The number of hydrogen-bond donors (Lipinski definition) is 0. The van der Waals surface area contributed by atoms with Crippen LogP contribution in [-0.2, 0) is 9.53 Å². The number of fused-ring (bicyclic) bond motifs is 1. The van der Waals surface area contributed by atoms with Gasteiger partial charge in [0.15, 0.2) is 4.80 Å². The molecule has 0 radical (unpaired) electrons. The lowest BCUT2D eigenvalue weighted by atomic mass is 9.95.